The highest BCUT2D eigenvalue weighted by molar-refractivity contribution is 5.87. The molecule has 0 radical (unpaired) electrons. The third-order valence-electron chi connectivity index (χ3n) is 4.84. The molecule has 0 spiro atoms. The lowest BCUT2D eigenvalue weighted by Crippen LogP contribution is -2.55. The SMILES string of the molecule is COc1ccc2ccccc2c1CN(C)[C@@H]1COC[C@@H](OC)[C@H]1O. The summed E-state index contributed by atoms with van der Waals surface area (Å²) in [6.45, 7) is 1.58. The van der Waals surface area contributed by atoms with Crippen molar-refractivity contribution in [2.45, 2.75) is 24.8 Å². The molecule has 0 saturated carbocycles. The molecule has 1 fully saturated rings. The molecular formula is C19H25NO4. The van der Waals surface area contributed by atoms with Crippen LogP contribution in [0.2, 0.25) is 0 Å². The molecule has 1 aliphatic rings. The molecule has 24 heavy (non-hydrogen) atoms. The number of aliphatic hydroxyl groups is 1. The fourth-order valence-electron chi connectivity index (χ4n) is 3.38. The van der Waals surface area contributed by atoms with Crippen molar-refractivity contribution < 1.29 is 19.3 Å². The number of hydrogen-bond acceptors (Lipinski definition) is 5. The zero-order valence-electron chi connectivity index (χ0n) is 14.4. The van der Waals surface area contributed by atoms with Gasteiger partial charge in [0.1, 0.15) is 18.0 Å². The van der Waals surface area contributed by atoms with Gasteiger partial charge in [-0.2, -0.15) is 0 Å². The maximum Gasteiger partial charge on any atom is 0.123 e. The van der Waals surface area contributed by atoms with Gasteiger partial charge in [0.25, 0.3) is 0 Å². The first-order valence-corrected chi connectivity index (χ1v) is 8.19. The summed E-state index contributed by atoms with van der Waals surface area (Å²) in [6.07, 6.45) is -0.865. The van der Waals surface area contributed by atoms with E-state index >= 15 is 0 Å². The number of hydrogen-bond donors (Lipinski definition) is 1. The van der Waals surface area contributed by atoms with Crippen LogP contribution in [0.3, 0.4) is 0 Å². The number of methoxy groups -OCH3 is 2. The van der Waals surface area contributed by atoms with Crippen LogP contribution in [0, 0.1) is 0 Å². The average Bonchev–Trinajstić information content (AvgIpc) is 2.62. The number of benzene rings is 2. The predicted molar refractivity (Wildman–Crippen MR) is 93.4 cm³/mol. The van der Waals surface area contributed by atoms with Crippen molar-refractivity contribution >= 4 is 10.8 Å². The molecule has 0 unspecified atom stereocenters. The zero-order valence-corrected chi connectivity index (χ0v) is 14.4. The molecule has 5 heteroatoms. The Kier molecular flexibility index (Phi) is 5.36. The highest BCUT2D eigenvalue weighted by Crippen LogP contribution is 2.30. The Morgan fingerprint density at radius 1 is 1.17 bits per heavy atom. The summed E-state index contributed by atoms with van der Waals surface area (Å²) in [5, 5.41) is 12.9. The molecule has 5 nitrogen and oxygen atoms in total. The second-order valence-electron chi connectivity index (χ2n) is 6.25. The van der Waals surface area contributed by atoms with Crippen molar-refractivity contribution in [3.63, 3.8) is 0 Å². The largest absolute Gasteiger partial charge is 0.496 e. The van der Waals surface area contributed by atoms with Crippen LogP contribution < -0.4 is 4.74 Å². The molecule has 1 heterocycles. The molecule has 0 bridgehead atoms. The van der Waals surface area contributed by atoms with E-state index in [0.717, 1.165) is 11.3 Å². The second kappa shape index (κ2) is 7.49. The third kappa shape index (κ3) is 3.26. The first-order chi connectivity index (χ1) is 11.7. The van der Waals surface area contributed by atoms with E-state index in [2.05, 4.69) is 23.1 Å². The molecule has 2 aromatic rings. The number of rotatable bonds is 5. The quantitative estimate of drug-likeness (QED) is 0.909. The Labute approximate surface area is 142 Å². The van der Waals surface area contributed by atoms with E-state index in [1.165, 1.54) is 10.8 Å². The summed E-state index contributed by atoms with van der Waals surface area (Å²) in [4.78, 5) is 2.11. The smallest absolute Gasteiger partial charge is 0.123 e. The standard InChI is InChI=1S/C19H25NO4/c1-20(16-11-24-12-18(23-3)19(16)21)10-15-14-7-5-4-6-13(14)8-9-17(15)22-2/h4-9,16,18-19,21H,10-12H2,1-3H3/t16-,18-,19+/m1/s1. The topological polar surface area (TPSA) is 51.2 Å². The van der Waals surface area contributed by atoms with Crippen LogP contribution in [0.4, 0.5) is 0 Å². The van der Waals surface area contributed by atoms with Gasteiger partial charge in [-0.15, -0.1) is 0 Å². The predicted octanol–water partition coefficient (Wildman–Crippen LogP) is 2.05. The van der Waals surface area contributed by atoms with Crippen molar-refractivity contribution in [2.75, 3.05) is 34.5 Å². The fourth-order valence-corrected chi connectivity index (χ4v) is 3.38. The summed E-state index contributed by atoms with van der Waals surface area (Å²) < 4.78 is 16.5. The van der Waals surface area contributed by atoms with E-state index < -0.39 is 6.10 Å². The summed E-state index contributed by atoms with van der Waals surface area (Å²) >= 11 is 0. The van der Waals surface area contributed by atoms with E-state index in [9.17, 15) is 5.11 Å². The van der Waals surface area contributed by atoms with Crippen molar-refractivity contribution in [2.24, 2.45) is 0 Å². The number of ether oxygens (including phenoxy) is 3. The second-order valence-corrected chi connectivity index (χ2v) is 6.25. The Morgan fingerprint density at radius 3 is 2.71 bits per heavy atom. The highest BCUT2D eigenvalue weighted by Gasteiger charge is 2.35. The molecule has 0 amide bonds. The molecule has 3 rings (SSSR count). The van der Waals surface area contributed by atoms with Gasteiger partial charge in [-0.25, -0.2) is 0 Å². The van der Waals surface area contributed by atoms with Crippen LogP contribution in [-0.4, -0.2) is 62.7 Å². The summed E-state index contributed by atoms with van der Waals surface area (Å²) in [6, 6.07) is 12.2. The van der Waals surface area contributed by atoms with Gasteiger partial charge < -0.3 is 19.3 Å². The van der Waals surface area contributed by atoms with Crippen LogP contribution >= 0.6 is 0 Å². The van der Waals surface area contributed by atoms with Crippen LogP contribution in [0.1, 0.15) is 5.56 Å². The van der Waals surface area contributed by atoms with Crippen LogP contribution in [0.5, 0.6) is 5.75 Å². The molecule has 3 atom stereocenters. The van der Waals surface area contributed by atoms with Gasteiger partial charge in [0.15, 0.2) is 0 Å². The number of aliphatic hydroxyl groups excluding tert-OH is 1. The molecule has 0 aromatic heterocycles. The Morgan fingerprint density at radius 2 is 1.96 bits per heavy atom. The van der Waals surface area contributed by atoms with Crippen LogP contribution in [0.15, 0.2) is 36.4 Å². The average molecular weight is 331 g/mol. The number of fused-ring (bicyclic) bond motifs is 1. The van der Waals surface area contributed by atoms with E-state index in [0.29, 0.717) is 19.8 Å². The lowest BCUT2D eigenvalue weighted by Gasteiger charge is -2.39. The van der Waals surface area contributed by atoms with E-state index in [4.69, 9.17) is 14.2 Å². The van der Waals surface area contributed by atoms with Gasteiger partial charge in [-0.1, -0.05) is 30.3 Å². The molecule has 130 valence electrons. The molecule has 1 aliphatic heterocycles. The summed E-state index contributed by atoms with van der Waals surface area (Å²) in [7, 11) is 5.29. The van der Waals surface area contributed by atoms with Gasteiger partial charge in [-0.05, 0) is 23.9 Å². The van der Waals surface area contributed by atoms with Crippen molar-refractivity contribution in [1.29, 1.82) is 0 Å². The minimum atomic E-state index is -0.574. The van der Waals surface area contributed by atoms with Crippen LogP contribution in [-0.2, 0) is 16.0 Å². The van der Waals surface area contributed by atoms with Gasteiger partial charge in [-0.3, -0.25) is 4.90 Å². The summed E-state index contributed by atoms with van der Waals surface area (Å²) in [5.74, 6) is 0.857. The maximum atomic E-state index is 10.5. The maximum absolute atomic E-state index is 10.5. The zero-order chi connectivity index (χ0) is 17.1. The van der Waals surface area contributed by atoms with Crippen molar-refractivity contribution in [1.82, 2.24) is 4.90 Å². The van der Waals surface area contributed by atoms with Crippen LogP contribution in [0.25, 0.3) is 10.8 Å². The van der Waals surface area contributed by atoms with E-state index in [1.807, 2.05) is 25.2 Å². The van der Waals surface area contributed by atoms with E-state index in [-0.39, 0.29) is 12.1 Å². The number of likely N-dealkylation sites (N-methyl/N-ethyl adjacent to an activating group) is 1. The molecule has 1 N–H and O–H groups in total. The van der Waals surface area contributed by atoms with Gasteiger partial charge in [0, 0.05) is 19.2 Å². The third-order valence-corrected chi connectivity index (χ3v) is 4.84. The lowest BCUT2D eigenvalue weighted by atomic mass is 9.99. The molecule has 0 aliphatic carbocycles. The van der Waals surface area contributed by atoms with Crippen molar-refractivity contribution in [3.8, 4) is 5.75 Å². The Balaban J connectivity index is 1.88. The molecule has 1 saturated heterocycles. The Bertz CT molecular complexity index is 690. The first-order valence-electron chi connectivity index (χ1n) is 8.19. The van der Waals surface area contributed by atoms with Crippen molar-refractivity contribution in [3.05, 3.63) is 42.0 Å². The minimum absolute atomic E-state index is 0.118. The summed E-state index contributed by atoms with van der Waals surface area (Å²) in [5.41, 5.74) is 1.12. The first kappa shape index (κ1) is 17.2. The van der Waals surface area contributed by atoms with E-state index in [1.54, 1.807) is 14.2 Å². The minimum Gasteiger partial charge on any atom is -0.496 e. The lowest BCUT2D eigenvalue weighted by molar-refractivity contribution is -0.142. The number of nitrogens with zero attached hydrogens (tertiary/aromatic N) is 1. The monoisotopic (exact) mass is 331 g/mol. The molecule has 2 aromatic carbocycles. The van der Waals surface area contributed by atoms with Gasteiger partial charge in [0.05, 0.1) is 26.4 Å². The molecular weight excluding hydrogens is 306 g/mol. The highest BCUT2D eigenvalue weighted by atomic mass is 16.5. The van der Waals surface area contributed by atoms with Gasteiger partial charge in [0.2, 0.25) is 0 Å². The Hall–Kier alpha value is -1.66. The normalized spacial score (nSPS) is 24.5. The van der Waals surface area contributed by atoms with Gasteiger partial charge >= 0.3 is 0 Å². The fraction of sp³-hybridized carbons (Fsp3) is 0.474.